The molecule has 0 aliphatic carbocycles. The van der Waals surface area contributed by atoms with E-state index in [1.54, 1.807) is 0 Å². The van der Waals surface area contributed by atoms with E-state index in [9.17, 15) is 9.59 Å². The Labute approximate surface area is 139 Å². The van der Waals surface area contributed by atoms with Gasteiger partial charge in [0.15, 0.2) is 0 Å². The fourth-order valence-electron chi connectivity index (χ4n) is 3.67. The predicted molar refractivity (Wildman–Crippen MR) is 89.0 cm³/mol. The number of hydrogen-bond acceptors (Lipinski definition) is 4. The van der Waals surface area contributed by atoms with Crippen LogP contribution in [0.15, 0.2) is 0 Å². The molecule has 2 aliphatic rings. The summed E-state index contributed by atoms with van der Waals surface area (Å²) in [5, 5.41) is 5.86. The number of carbonyl (C=O) groups excluding carboxylic acids is 2. The van der Waals surface area contributed by atoms with Crippen LogP contribution in [0.25, 0.3) is 0 Å². The highest BCUT2D eigenvalue weighted by atomic mass is 16.5. The van der Waals surface area contributed by atoms with Crippen LogP contribution < -0.4 is 10.6 Å². The number of nitrogens with zero attached hydrogens (tertiary/aromatic N) is 1. The van der Waals surface area contributed by atoms with Gasteiger partial charge in [-0.1, -0.05) is 13.8 Å². The van der Waals surface area contributed by atoms with Crippen molar-refractivity contribution in [1.29, 1.82) is 0 Å². The van der Waals surface area contributed by atoms with E-state index in [-0.39, 0.29) is 36.0 Å². The second-order valence-corrected chi connectivity index (χ2v) is 7.25. The van der Waals surface area contributed by atoms with E-state index in [0.29, 0.717) is 6.54 Å². The Morgan fingerprint density at radius 2 is 1.91 bits per heavy atom. The molecule has 132 valence electrons. The molecule has 0 bridgehead atoms. The number of ether oxygens (including phenoxy) is 1. The van der Waals surface area contributed by atoms with Gasteiger partial charge in [0.1, 0.15) is 6.04 Å². The van der Waals surface area contributed by atoms with Crippen LogP contribution in [0.3, 0.4) is 0 Å². The van der Waals surface area contributed by atoms with Crippen molar-refractivity contribution in [3.8, 4) is 0 Å². The summed E-state index contributed by atoms with van der Waals surface area (Å²) < 4.78 is 5.77. The van der Waals surface area contributed by atoms with Crippen molar-refractivity contribution in [1.82, 2.24) is 15.5 Å². The summed E-state index contributed by atoms with van der Waals surface area (Å²) in [6.45, 7) is 10.4. The Balaban J connectivity index is 2.04. The molecule has 2 amide bonds. The van der Waals surface area contributed by atoms with Gasteiger partial charge in [0.05, 0.1) is 18.2 Å². The summed E-state index contributed by atoms with van der Waals surface area (Å²) in [6, 6.07) is -0.623. The topological polar surface area (TPSA) is 70.7 Å². The molecule has 23 heavy (non-hydrogen) atoms. The molecule has 2 fully saturated rings. The lowest BCUT2D eigenvalue weighted by Crippen LogP contribution is -2.59. The normalized spacial score (nSPS) is 31.3. The van der Waals surface area contributed by atoms with E-state index >= 15 is 0 Å². The maximum absolute atomic E-state index is 12.8. The van der Waals surface area contributed by atoms with Gasteiger partial charge in [-0.25, -0.2) is 0 Å². The smallest absolute Gasteiger partial charge is 0.242 e. The van der Waals surface area contributed by atoms with Crippen molar-refractivity contribution >= 4 is 11.8 Å². The molecule has 0 saturated carbocycles. The van der Waals surface area contributed by atoms with E-state index in [4.69, 9.17) is 4.74 Å². The fourth-order valence-corrected chi connectivity index (χ4v) is 3.67. The Hall–Kier alpha value is -1.14. The summed E-state index contributed by atoms with van der Waals surface area (Å²) in [7, 11) is 0. The van der Waals surface area contributed by atoms with Crippen molar-refractivity contribution < 1.29 is 14.3 Å². The first-order valence-electron chi connectivity index (χ1n) is 8.86. The average molecular weight is 325 g/mol. The van der Waals surface area contributed by atoms with E-state index < -0.39 is 6.04 Å². The van der Waals surface area contributed by atoms with Gasteiger partial charge in [-0.3, -0.25) is 14.5 Å². The minimum absolute atomic E-state index is 0.0386. The van der Waals surface area contributed by atoms with Gasteiger partial charge in [-0.2, -0.15) is 0 Å². The Kier molecular flexibility index (Phi) is 6.41. The van der Waals surface area contributed by atoms with Gasteiger partial charge in [0.25, 0.3) is 0 Å². The Bertz CT molecular complexity index is 417. The zero-order valence-corrected chi connectivity index (χ0v) is 14.8. The Morgan fingerprint density at radius 3 is 2.52 bits per heavy atom. The quantitative estimate of drug-likeness (QED) is 0.806. The molecule has 2 N–H and O–H groups in total. The zero-order valence-electron chi connectivity index (χ0n) is 14.8. The zero-order chi connectivity index (χ0) is 17.0. The molecule has 0 radical (unpaired) electrons. The summed E-state index contributed by atoms with van der Waals surface area (Å²) in [5.74, 6) is 0.0896. The van der Waals surface area contributed by atoms with Gasteiger partial charge >= 0.3 is 0 Å². The highest BCUT2D eigenvalue weighted by Gasteiger charge is 2.35. The van der Waals surface area contributed by atoms with Crippen LogP contribution in [0.4, 0.5) is 0 Å². The second-order valence-electron chi connectivity index (χ2n) is 7.25. The van der Waals surface area contributed by atoms with Crippen LogP contribution in [0.2, 0.25) is 0 Å². The summed E-state index contributed by atoms with van der Waals surface area (Å²) in [5.41, 5.74) is 0. The fraction of sp³-hybridized carbons (Fsp3) is 0.882. The number of carbonyl (C=O) groups is 2. The van der Waals surface area contributed by atoms with Crippen LogP contribution >= 0.6 is 0 Å². The second kappa shape index (κ2) is 8.11. The summed E-state index contributed by atoms with van der Waals surface area (Å²) in [4.78, 5) is 27.1. The number of amides is 2. The highest BCUT2D eigenvalue weighted by molar-refractivity contribution is 5.90. The maximum Gasteiger partial charge on any atom is 0.242 e. The van der Waals surface area contributed by atoms with Crippen LogP contribution in [0, 0.1) is 5.92 Å². The standard InChI is InChI=1S/C17H31N3O3/c1-11(2)15(20-9-12(3)23-13(4)10-20)17(22)19-14-7-5-6-8-18-16(14)21/h11-15H,5-10H2,1-4H3,(H,18,21)(H,19,22). The van der Waals surface area contributed by atoms with E-state index in [2.05, 4.69) is 29.4 Å². The van der Waals surface area contributed by atoms with Gasteiger partial charge in [-0.05, 0) is 39.0 Å². The maximum atomic E-state index is 12.8. The molecule has 4 atom stereocenters. The molecule has 6 nitrogen and oxygen atoms in total. The Morgan fingerprint density at radius 1 is 1.26 bits per heavy atom. The van der Waals surface area contributed by atoms with Crippen LogP contribution in [0.1, 0.15) is 47.0 Å². The molecule has 6 heteroatoms. The molecule has 0 aromatic rings. The number of morpholine rings is 1. The third-order valence-electron chi connectivity index (χ3n) is 4.59. The minimum atomic E-state index is -0.401. The van der Waals surface area contributed by atoms with Crippen LogP contribution in [-0.4, -0.2) is 60.6 Å². The van der Waals surface area contributed by atoms with E-state index in [1.165, 1.54) is 0 Å². The largest absolute Gasteiger partial charge is 0.373 e. The predicted octanol–water partition coefficient (Wildman–Crippen LogP) is 0.905. The molecular weight excluding hydrogens is 294 g/mol. The first-order valence-corrected chi connectivity index (χ1v) is 8.86. The molecular formula is C17H31N3O3. The van der Waals surface area contributed by atoms with Gasteiger partial charge in [0, 0.05) is 19.6 Å². The third kappa shape index (κ3) is 4.91. The monoisotopic (exact) mass is 325 g/mol. The van der Waals surface area contributed by atoms with Crippen molar-refractivity contribution in [2.24, 2.45) is 5.92 Å². The molecule has 2 aliphatic heterocycles. The van der Waals surface area contributed by atoms with Gasteiger partial charge < -0.3 is 15.4 Å². The summed E-state index contributed by atoms with van der Waals surface area (Å²) in [6.07, 6.45) is 2.90. The number of hydrogen-bond donors (Lipinski definition) is 2. The van der Waals surface area contributed by atoms with E-state index in [0.717, 1.165) is 32.4 Å². The lowest BCUT2D eigenvalue weighted by atomic mass is 9.98. The molecule has 2 heterocycles. The molecule has 2 rings (SSSR count). The number of rotatable bonds is 4. The third-order valence-corrected chi connectivity index (χ3v) is 4.59. The van der Waals surface area contributed by atoms with Crippen molar-refractivity contribution in [2.75, 3.05) is 19.6 Å². The molecule has 0 aromatic heterocycles. The van der Waals surface area contributed by atoms with Crippen molar-refractivity contribution in [3.05, 3.63) is 0 Å². The van der Waals surface area contributed by atoms with Crippen molar-refractivity contribution in [3.63, 3.8) is 0 Å². The minimum Gasteiger partial charge on any atom is -0.373 e. The highest BCUT2D eigenvalue weighted by Crippen LogP contribution is 2.19. The molecule has 0 spiro atoms. The van der Waals surface area contributed by atoms with Crippen LogP contribution in [0.5, 0.6) is 0 Å². The first kappa shape index (κ1) is 18.2. The molecule has 0 aromatic carbocycles. The molecule has 4 unspecified atom stereocenters. The van der Waals surface area contributed by atoms with Gasteiger partial charge in [0.2, 0.25) is 11.8 Å². The average Bonchev–Trinajstić information content (AvgIpc) is 2.62. The SMILES string of the molecule is CC1CN(C(C(=O)NC2CCCCNC2=O)C(C)C)CC(C)O1. The lowest BCUT2D eigenvalue weighted by molar-refractivity contribution is -0.138. The van der Waals surface area contributed by atoms with Crippen LogP contribution in [-0.2, 0) is 14.3 Å². The van der Waals surface area contributed by atoms with Crippen molar-refractivity contribution in [2.45, 2.75) is 71.2 Å². The number of nitrogens with one attached hydrogen (secondary N) is 2. The molecule has 2 saturated heterocycles. The first-order chi connectivity index (χ1) is 10.9. The van der Waals surface area contributed by atoms with Gasteiger partial charge in [-0.15, -0.1) is 0 Å². The van der Waals surface area contributed by atoms with E-state index in [1.807, 2.05) is 13.8 Å². The lowest BCUT2D eigenvalue weighted by Gasteiger charge is -2.41. The summed E-state index contributed by atoms with van der Waals surface area (Å²) >= 11 is 0.